The summed E-state index contributed by atoms with van der Waals surface area (Å²) in [4.78, 5) is 51.1. The van der Waals surface area contributed by atoms with Crippen molar-refractivity contribution in [1.82, 2.24) is 20.2 Å². The monoisotopic (exact) mass is 606 g/mol. The minimum absolute atomic E-state index is 0.0555. The zero-order chi connectivity index (χ0) is 30.8. The van der Waals surface area contributed by atoms with Gasteiger partial charge < -0.3 is 29.5 Å². The van der Waals surface area contributed by atoms with Crippen LogP contribution in [-0.4, -0.2) is 75.9 Å². The maximum absolute atomic E-state index is 14.3. The number of alkyl carbamates (subject to hydrolysis) is 1. The highest BCUT2D eigenvalue weighted by molar-refractivity contribution is 5.90. The molecule has 2 aromatic rings. The molecule has 0 spiro atoms. The molecule has 1 aromatic heterocycles. The molecule has 11 heteroatoms. The number of nitrogens with zero attached hydrogens (tertiary/aromatic N) is 3. The third-order valence-electron chi connectivity index (χ3n) is 9.73. The van der Waals surface area contributed by atoms with Crippen LogP contribution in [0.25, 0.3) is 17.1 Å². The molecule has 6 rings (SSSR count). The normalized spacial score (nSPS) is 30.5. The molecule has 236 valence electrons. The Morgan fingerprint density at radius 1 is 1.05 bits per heavy atom. The molecule has 2 aliphatic carbocycles. The molecule has 2 bridgehead atoms. The lowest BCUT2D eigenvalue weighted by Crippen LogP contribution is -2.55. The molecule has 2 aliphatic heterocycles. The van der Waals surface area contributed by atoms with Gasteiger partial charge in [-0.15, -0.1) is 0 Å². The number of carbonyl (C=O) groups excluding carboxylic acids is 2. The van der Waals surface area contributed by atoms with Gasteiger partial charge >= 0.3 is 12.1 Å². The molecular formula is C33H42N4O7. The van der Waals surface area contributed by atoms with Gasteiger partial charge in [0.25, 0.3) is 0 Å². The summed E-state index contributed by atoms with van der Waals surface area (Å²) in [6.07, 6.45) is 11.1. The number of carboxylic acids is 1. The molecule has 3 fully saturated rings. The van der Waals surface area contributed by atoms with Gasteiger partial charge in [-0.3, -0.25) is 4.79 Å². The van der Waals surface area contributed by atoms with Crippen molar-refractivity contribution in [2.75, 3.05) is 13.7 Å². The molecule has 2 N–H and O–H groups in total. The number of hydrogen-bond acceptors (Lipinski definition) is 8. The Kier molecular flexibility index (Phi) is 8.91. The number of nitrogens with one attached hydrogen (secondary N) is 1. The van der Waals surface area contributed by atoms with Crippen molar-refractivity contribution in [2.24, 2.45) is 17.8 Å². The van der Waals surface area contributed by atoms with Crippen molar-refractivity contribution in [3.63, 3.8) is 0 Å². The number of fused-ring (bicyclic) bond motifs is 5. The van der Waals surface area contributed by atoms with Crippen LogP contribution in [0, 0.1) is 17.8 Å². The number of methoxy groups -OCH3 is 1. The Balaban J connectivity index is 1.38. The Morgan fingerprint density at radius 2 is 1.84 bits per heavy atom. The summed E-state index contributed by atoms with van der Waals surface area (Å²) in [5.74, 6) is -0.849. The van der Waals surface area contributed by atoms with E-state index in [0.29, 0.717) is 34.8 Å². The van der Waals surface area contributed by atoms with Gasteiger partial charge in [-0.25, -0.2) is 19.6 Å². The SMILES string of the molecule is CC[C@@H]1[C@@H]2CN(C(=O)[C@H](C3CCCCC3)NC(=O)O[C@@H]3C[C@H]3CCC/C=C/c3nc4ccc(OC)cc4nc3O2)[C@@H]1C(=O)O. The van der Waals surface area contributed by atoms with E-state index in [2.05, 4.69) is 5.32 Å². The standard InChI is InChI=1S/C33H42N4O7/c1-3-22-27-18-37(29(22)32(39)40)31(38)28(19-10-6-4-7-11-19)36-33(41)44-26-16-20(26)12-8-5-9-13-24-30(43-27)35-25-17-21(42-2)14-15-23(25)34-24/h9,13-15,17,19-20,22,26-29H,3-8,10-12,16,18H2,1-2H3,(H,36,41)(H,39,40)/b13-9+/t20-,22-,26-,27+,28+,29+/m1/s1. The second-order valence-corrected chi connectivity index (χ2v) is 12.6. The Bertz CT molecular complexity index is 1420. The van der Waals surface area contributed by atoms with Crippen molar-refractivity contribution in [3.8, 4) is 11.6 Å². The zero-order valence-corrected chi connectivity index (χ0v) is 25.4. The van der Waals surface area contributed by atoms with E-state index in [1.807, 2.05) is 31.2 Å². The summed E-state index contributed by atoms with van der Waals surface area (Å²) in [6, 6.07) is 3.50. The van der Waals surface area contributed by atoms with Gasteiger partial charge in [-0.2, -0.15) is 0 Å². The summed E-state index contributed by atoms with van der Waals surface area (Å²) in [6.45, 7) is 1.96. The highest BCUT2D eigenvalue weighted by Crippen LogP contribution is 2.39. The van der Waals surface area contributed by atoms with Crippen LogP contribution >= 0.6 is 0 Å². The van der Waals surface area contributed by atoms with Crippen molar-refractivity contribution >= 4 is 35.1 Å². The molecule has 0 radical (unpaired) electrons. The number of rotatable bonds is 4. The van der Waals surface area contributed by atoms with Crippen molar-refractivity contribution < 1.29 is 33.7 Å². The van der Waals surface area contributed by atoms with E-state index in [4.69, 9.17) is 24.2 Å². The van der Waals surface area contributed by atoms with Gasteiger partial charge in [-0.1, -0.05) is 32.3 Å². The highest BCUT2D eigenvalue weighted by Gasteiger charge is 2.51. The number of carboxylic acid groups (broad SMARTS) is 1. The van der Waals surface area contributed by atoms with E-state index in [-0.39, 0.29) is 24.4 Å². The van der Waals surface area contributed by atoms with Gasteiger partial charge in [0, 0.05) is 12.0 Å². The van der Waals surface area contributed by atoms with Gasteiger partial charge in [0.15, 0.2) is 0 Å². The quantitative estimate of drug-likeness (QED) is 0.494. The number of aliphatic carboxylic acids is 1. The lowest BCUT2D eigenvalue weighted by atomic mass is 9.83. The first-order valence-corrected chi connectivity index (χ1v) is 16.1. The molecule has 1 saturated heterocycles. The van der Waals surface area contributed by atoms with Crippen LogP contribution in [0.2, 0.25) is 0 Å². The second-order valence-electron chi connectivity index (χ2n) is 12.6. The first kappa shape index (κ1) is 30.1. The number of ether oxygens (including phenoxy) is 3. The lowest BCUT2D eigenvalue weighted by Gasteiger charge is -2.34. The van der Waals surface area contributed by atoms with Crippen molar-refractivity contribution in [3.05, 3.63) is 30.0 Å². The average molecular weight is 607 g/mol. The maximum Gasteiger partial charge on any atom is 0.408 e. The Morgan fingerprint density at radius 3 is 2.59 bits per heavy atom. The Hall–Kier alpha value is -3.89. The topological polar surface area (TPSA) is 140 Å². The number of aromatic nitrogens is 2. The lowest BCUT2D eigenvalue weighted by molar-refractivity contribution is -0.151. The number of hydrogen-bond donors (Lipinski definition) is 2. The first-order chi connectivity index (χ1) is 21.4. The predicted octanol–water partition coefficient (Wildman–Crippen LogP) is 4.97. The van der Waals surface area contributed by atoms with Gasteiger partial charge in [0.1, 0.15) is 35.7 Å². The first-order valence-electron chi connectivity index (χ1n) is 16.1. The summed E-state index contributed by atoms with van der Waals surface area (Å²) in [5.41, 5.74) is 1.82. The average Bonchev–Trinajstić information content (AvgIpc) is 3.65. The molecule has 1 aromatic carbocycles. The molecule has 3 heterocycles. The van der Waals surface area contributed by atoms with E-state index < -0.39 is 42.1 Å². The van der Waals surface area contributed by atoms with Gasteiger partial charge in [0.05, 0.1) is 24.7 Å². The fourth-order valence-corrected chi connectivity index (χ4v) is 7.22. The molecule has 44 heavy (non-hydrogen) atoms. The number of benzene rings is 1. The fourth-order valence-electron chi connectivity index (χ4n) is 7.22. The molecule has 6 atom stereocenters. The van der Waals surface area contributed by atoms with E-state index in [0.717, 1.165) is 57.8 Å². The summed E-state index contributed by atoms with van der Waals surface area (Å²) < 4.78 is 17.7. The molecule has 4 aliphatic rings. The molecule has 2 saturated carbocycles. The molecule has 2 amide bonds. The largest absolute Gasteiger partial charge is 0.497 e. The van der Waals surface area contributed by atoms with E-state index in [1.165, 1.54) is 4.90 Å². The summed E-state index contributed by atoms with van der Waals surface area (Å²) in [5, 5.41) is 13.3. The van der Waals surface area contributed by atoms with Gasteiger partial charge in [-0.05, 0) is 75.0 Å². The minimum Gasteiger partial charge on any atom is -0.497 e. The smallest absolute Gasteiger partial charge is 0.408 e. The molecular weight excluding hydrogens is 564 g/mol. The summed E-state index contributed by atoms with van der Waals surface area (Å²) >= 11 is 0. The van der Waals surface area contributed by atoms with Gasteiger partial charge in [0.2, 0.25) is 11.8 Å². The van der Waals surface area contributed by atoms with Crippen LogP contribution in [0.5, 0.6) is 11.6 Å². The highest BCUT2D eigenvalue weighted by atomic mass is 16.6. The fraction of sp³-hybridized carbons (Fsp3) is 0.606. The van der Waals surface area contributed by atoms with E-state index >= 15 is 0 Å². The minimum atomic E-state index is -1.11. The number of amides is 2. The van der Waals surface area contributed by atoms with Crippen LogP contribution in [0.3, 0.4) is 0 Å². The number of allylic oxidation sites excluding steroid dienone is 1. The molecule has 11 nitrogen and oxygen atoms in total. The van der Waals surface area contributed by atoms with Crippen molar-refractivity contribution in [2.45, 2.75) is 95.4 Å². The van der Waals surface area contributed by atoms with Crippen LogP contribution in [-0.2, 0) is 14.3 Å². The van der Waals surface area contributed by atoms with Crippen LogP contribution in [0.15, 0.2) is 24.3 Å². The molecule has 0 unspecified atom stereocenters. The number of carbonyl (C=O) groups is 3. The predicted molar refractivity (Wildman–Crippen MR) is 162 cm³/mol. The maximum atomic E-state index is 14.3. The van der Waals surface area contributed by atoms with Crippen molar-refractivity contribution in [1.29, 1.82) is 0 Å². The third kappa shape index (κ3) is 6.32. The Labute approximate surface area is 257 Å². The van der Waals surface area contributed by atoms with Crippen LogP contribution in [0.4, 0.5) is 4.79 Å². The third-order valence-corrected chi connectivity index (χ3v) is 9.73. The second kappa shape index (κ2) is 13.0. The van der Waals surface area contributed by atoms with Crippen LogP contribution < -0.4 is 14.8 Å². The zero-order valence-electron chi connectivity index (χ0n) is 25.4. The van der Waals surface area contributed by atoms with Crippen LogP contribution in [0.1, 0.15) is 76.8 Å². The van der Waals surface area contributed by atoms with E-state index in [1.54, 1.807) is 13.2 Å². The summed E-state index contributed by atoms with van der Waals surface area (Å²) in [7, 11) is 1.59. The van der Waals surface area contributed by atoms with E-state index in [9.17, 15) is 19.5 Å².